The van der Waals surface area contributed by atoms with Crippen molar-refractivity contribution in [2.75, 3.05) is 0 Å². The molecule has 0 saturated carbocycles. The van der Waals surface area contributed by atoms with E-state index in [1.807, 2.05) is 54.6 Å². The molecule has 1 nitrogen and oxygen atoms in total. The summed E-state index contributed by atoms with van der Waals surface area (Å²) in [6, 6.07) is 30.6. The number of hydrogen-bond acceptors (Lipinski definition) is 1. The summed E-state index contributed by atoms with van der Waals surface area (Å²) >= 11 is 0. The fourth-order valence-electron chi connectivity index (χ4n) is 2.88. The predicted molar refractivity (Wildman–Crippen MR) is 99.7 cm³/mol. The van der Waals surface area contributed by atoms with Gasteiger partial charge in [-0.2, -0.15) is 0 Å². The highest BCUT2D eigenvalue weighted by atomic mass is 16.1. The number of aldehydes is 1. The van der Waals surface area contributed by atoms with Crippen LogP contribution in [0.5, 0.6) is 0 Å². The SMILES string of the molecule is O=CC(Cc1ccccc1)=C(Cc1ccccc1)c1ccccc1. The van der Waals surface area contributed by atoms with E-state index in [0.717, 1.165) is 35.0 Å². The summed E-state index contributed by atoms with van der Waals surface area (Å²) in [5, 5.41) is 0. The highest BCUT2D eigenvalue weighted by Gasteiger charge is 2.11. The largest absolute Gasteiger partial charge is 0.298 e. The van der Waals surface area contributed by atoms with Gasteiger partial charge in [0.1, 0.15) is 6.29 Å². The third-order valence-corrected chi connectivity index (χ3v) is 4.11. The molecule has 0 N–H and O–H groups in total. The zero-order valence-electron chi connectivity index (χ0n) is 13.6. The Labute approximate surface area is 143 Å². The van der Waals surface area contributed by atoms with Crippen molar-refractivity contribution in [3.8, 4) is 0 Å². The van der Waals surface area contributed by atoms with Crippen molar-refractivity contribution in [3.63, 3.8) is 0 Å². The van der Waals surface area contributed by atoms with Crippen LogP contribution in [0.3, 0.4) is 0 Å². The molecule has 0 saturated heterocycles. The Kier molecular flexibility index (Phi) is 5.36. The van der Waals surface area contributed by atoms with Crippen molar-refractivity contribution in [3.05, 3.63) is 113 Å². The zero-order valence-corrected chi connectivity index (χ0v) is 13.6. The van der Waals surface area contributed by atoms with Gasteiger partial charge >= 0.3 is 0 Å². The monoisotopic (exact) mass is 312 g/mol. The Balaban J connectivity index is 2.02. The summed E-state index contributed by atoms with van der Waals surface area (Å²) < 4.78 is 0. The van der Waals surface area contributed by atoms with E-state index < -0.39 is 0 Å². The smallest absolute Gasteiger partial charge is 0.146 e. The highest BCUT2D eigenvalue weighted by molar-refractivity contribution is 5.89. The van der Waals surface area contributed by atoms with E-state index in [1.165, 1.54) is 5.56 Å². The molecule has 0 aliphatic heterocycles. The zero-order chi connectivity index (χ0) is 16.6. The van der Waals surface area contributed by atoms with Crippen molar-refractivity contribution in [2.24, 2.45) is 0 Å². The maximum atomic E-state index is 11.9. The average molecular weight is 312 g/mol. The van der Waals surface area contributed by atoms with Gasteiger partial charge in [-0.3, -0.25) is 4.79 Å². The second-order valence-corrected chi connectivity index (χ2v) is 5.81. The molecule has 0 radical (unpaired) electrons. The van der Waals surface area contributed by atoms with E-state index in [9.17, 15) is 4.79 Å². The highest BCUT2D eigenvalue weighted by Crippen LogP contribution is 2.25. The lowest BCUT2D eigenvalue weighted by Gasteiger charge is -2.13. The van der Waals surface area contributed by atoms with Crippen LogP contribution in [0.25, 0.3) is 5.57 Å². The summed E-state index contributed by atoms with van der Waals surface area (Å²) in [5.74, 6) is 0. The number of allylic oxidation sites excluding steroid dienone is 2. The van der Waals surface area contributed by atoms with Crippen LogP contribution < -0.4 is 0 Å². The fourth-order valence-corrected chi connectivity index (χ4v) is 2.88. The first-order valence-electron chi connectivity index (χ1n) is 8.17. The Bertz CT molecular complexity index is 802. The molecule has 0 heterocycles. The molecule has 0 bridgehead atoms. The van der Waals surface area contributed by atoms with Gasteiger partial charge in [-0.1, -0.05) is 91.0 Å². The van der Waals surface area contributed by atoms with Gasteiger partial charge in [0.2, 0.25) is 0 Å². The van der Waals surface area contributed by atoms with E-state index in [-0.39, 0.29) is 0 Å². The van der Waals surface area contributed by atoms with Gasteiger partial charge in [-0.05, 0) is 28.7 Å². The Hall–Kier alpha value is -2.93. The van der Waals surface area contributed by atoms with Crippen LogP contribution >= 0.6 is 0 Å². The van der Waals surface area contributed by atoms with E-state index in [1.54, 1.807) is 0 Å². The van der Waals surface area contributed by atoms with Crippen molar-refractivity contribution in [1.29, 1.82) is 0 Å². The van der Waals surface area contributed by atoms with Crippen LogP contribution in [0.4, 0.5) is 0 Å². The molecular weight excluding hydrogens is 292 g/mol. The molecule has 3 aromatic carbocycles. The third-order valence-electron chi connectivity index (χ3n) is 4.11. The Morgan fingerprint density at radius 3 is 1.58 bits per heavy atom. The second-order valence-electron chi connectivity index (χ2n) is 5.81. The van der Waals surface area contributed by atoms with Gasteiger partial charge in [0, 0.05) is 12.0 Å². The molecule has 0 aliphatic rings. The first kappa shape index (κ1) is 15.9. The molecule has 24 heavy (non-hydrogen) atoms. The minimum absolute atomic E-state index is 0.654. The van der Waals surface area contributed by atoms with Gasteiger partial charge < -0.3 is 0 Å². The van der Waals surface area contributed by atoms with Crippen LogP contribution in [0.1, 0.15) is 16.7 Å². The standard InChI is InChI=1S/C23H20O/c24-18-22(16-19-10-4-1-5-11-19)23(21-14-8-3-9-15-21)17-20-12-6-2-7-13-20/h1-15,18H,16-17H2. The lowest BCUT2D eigenvalue weighted by atomic mass is 9.91. The molecule has 118 valence electrons. The van der Waals surface area contributed by atoms with E-state index in [4.69, 9.17) is 0 Å². The van der Waals surface area contributed by atoms with Crippen molar-refractivity contribution >= 4 is 11.9 Å². The number of hydrogen-bond donors (Lipinski definition) is 0. The maximum absolute atomic E-state index is 11.9. The fraction of sp³-hybridized carbons (Fsp3) is 0.0870. The van der Waals surface area contributed by atoms with E-state index >= 15 is 0 Å². The molecule has 0 unspecified atom stereocenters. The molecule has 0 spiro atoms. The van der Waals surface area contributed by atoms with Gasteiger partial charge in [-0.15, -0.1) is 0 Å². The number of carbonyl (C=O) groups is 1. The van der Waals surface area contributed by atoms with Gasteiger partial charge in [0.15, 0.2) is 0 Å². The van der Waals surface area contributed by atoms with Crippen molar-refractivity contribution in [1.82, 2.24) is 0 Å². The molecule has 0 fully saturated rings. The molecule has 0 aromatic heterocycles. The minimum atomic E-state index is 0.654. The summed E-state index contributed by atoms with van der Waals surface area (Å²) in [5.41, 5.74) is 5.42. The first-order valence-corrected chi connectivity index (χ1v) is 8.17. The average Bonchev–Trinajstić information content (AvgIpc) is 2.67. The first-order chi connectivity index (χ1) is 11.9. The van der Waals surface area contributed by atoms with E-state index in [0.29, 0.717) is 6.42 Å². The minimum Gasteiger partial charge on any atom is -0.298 e. The summed E-state index contributed by atoms with van der Waals surface area (Å²) in [7, 11) is 0. The third kappa shape index (κ3) is 4.08. The Morgan fingerprint density at radius 2 is 1.08 bits per heavy atom. The molecule has 0 atom stereocenters. The number of carbonyl (C=O) groups excluding carboxylic acids is 1. The van der Waals surface area contributed by atoms with Crippen LogP contribution in [0.2, 0.25) is 0 Å². The Morgan fingerprint density at radius 1 is 0.625 bits per heavy atom. The molecule has 0 amide bonds. The topological polar surface area (TPSA) is 17.1 Å². The molecule has 3 aromatic rings. The van der Waals surface area contributed by atoms with Gasteiger partial charge in [0.25, 0.3) is 0 Å². The van der Waals surface area contributed by atoms with Crippen LogP contribution in [-0.2, 0) is 17.6 Å². The predicted octanol–water partition coefficient (Wildman–Crippen LogP) is 5.12. The lowest BCUT2D eigenvalue weighted by Crippen LogP contribution is -2.01. The second kappa shape index (κ2) is 8.07. The van der Waals surface area contributed by atoms with Crippen LogP contribution in [-0.4, -0.2) is 6.29 Å². The van der Waals surface area contributed by atoms with Crippen molar-refractivity contribution in [2.45, 2.75) is 12.8 Å². The summed E-state index contributed by atoms with van der Waals surface area (Å²) in [6.45, 7) is 0. The van der Waals surface area contributed by atoms with Crippen molar-refractivity contribution < 1.29 is 4.79 Å². The lowest BCUT2D eigenvalue weighted by molar-refractivity contribution is -0.104. The number of rotatable bonds is 6. The van der Waals surface area contributed by atoms with Gasteiger partial charge in [0.05, 0.1) is 0 Å². The van der Waals surface area contributed by atoms with E-state index in [2.05, 4.69) is 36.4 Å². The normalized spacial score (nSPS) is 11.7. The van der Waals surface area contributed by atoms with Crippen LogP contribution in [0, 0.1) is 0 Å². The summed E-state index contributed by atoms with van der Waals surface area (Å²) in [6.07, 6.45) is 2.42. The number of benzene rings is 3. The van der Waals surface area contributed by atoms with Gasteiger partial charge in [-0.25, -0.2) is 0 Å². The molecule has 3 rings (SSSR count). The molecular formula is C23H20O. The van der Waals surface area contributed by atoms with Crippen LogP contribution in [0.15, 0.2) is 96.6 Å². The molecule has 0 aliphatic carbocycles. The maximum Gasteiger partial charge on any atom is 0.146 e. The summed E-state index contributed by atoms with van der Waals surface area (Å²) in [4.78, 5) is 11.9. The quantitative estimate of drug-likeness (QED) is 0.456. The molecule has 1 heteroatoms.